The average molecular weight is 431 g/mol. The summed E-state index contributed by atoms with van der Waals surface area (Å²) in [6.07, 6.45) is -3.34. The monoisotopic (exact) mass is 430 g/mol. The smallest absolute Gasteiger partial charge is 0.108 e. The highest BCUT2D eigenvalue weighted by Gasteiger charge is 2.41. The summed E-state index contributed by atoms with van der Waals surface area (Å²) >= 11 is 4.45. The van der Waals surface area contributed by atoms with Gasteiger partial charge in [-0.05, 0) is 48.5 Å². The van der Waals surface area contributed by atoms with Gasteiger partial charge in [0.1, 0.15) is 6.10 Å². The molecule has 0 aliphatic carbocycles. The van der Waals surface area contributed by atoms with Crippen LogP contribution in [0.2, 0.25) is 0 Å². The molecule has 1 aliphatic heterocycles. The molecule has 3 rings (SSSR count). The summed E-state index contributed by atoms with van der Waals surface area (Å²) in [6, 6.07) is 18.4. The Bertz CT molecular complexity index is 878. The number of thioether (sulfide) groups is 3. The molecule has 0 saturated carbocycles. The molecule has 5 nitrogen and oxygen atoms in total. The number of benzene rings is 2. The Morgan fingerprint density at radius 3 is 1.79 bits per heavy atom. The fourth-order valence-corrected chi connectivity index (χ4v) is 7.09. The van der Waals surface area contributed by atoms with Gasteiger partial charge in [0.05, 0.1) is 45.3 Å². The van der Waals surface area contributed by atoms with Crippen molar-refractivity contribution in [3.63, 3.8) is 0 Å². The molecule has 5 atom stereocenters. The summed E-state index contributed by atoms with van der Waals surface area (Å²) in [5, 5.41) is 48.7. The molecular weight excluding hydrogens is 412 g/mol. The van der Waals surface area contributed by atoms with E-state index >= 15 is 0 Å². The summed E-state index contributed by atoms with van der Waals surface area (Å²) < 4.78 is -0.129. The van der Waals surface area contributed by atoms with Crippen molar-refractivity contribution in [2.45, 2.75) is 37.9 Å². The summed E-state index contributed by atoms with van der Waals surface area (Å²) in [5.74, 6) is 0.316. The molecule has 0 radical (unpaired) electrons. The van der Waals surface area contributed by atoms with Crippen LogP contribution in [0.4, 0.5) is 0 Å². The lowest BCUT2D eigenvalue weighted by Crippen LogP contribution is -2.43. The zero-order valence-corrected chi connectivity index (χ0v) is 17.1. The van der Waals surface area contributed by atoms with Gasteiger partial charge in [-0.2, -0.15) is 10.5 Å². The molecule has 2 aromatic carbocycles. The largest absolute Gasteiger partial charge is 0.389 e. The maximum Gasteiger partial charge on any atom is 0.108 e. The Labute approximate surface area is 176 Å². The van der Waals surface area contributed by atoms with Crippen molar-refractivity contribution >= 4 is 35.3 Å². The van der Waals surface area contributed by atoms with Crippen LogP contribution in [0.1, 0.15) is 11.1 Å². The number of rotatable bonds is 4. The van der Waals surface area contributed by atoms with Crippen molar-refractivity contribution in [2.75, 3.05) is 5.75 Å². The van der Waals surface area contributed by atoms with Gasteiger partial charge in [-0.3, -0.25) is 0 Å². The minimum atomic E-state index is -1.23. The number of aliphatic hydroxyl groups excluding tert-OH is 3. The molecule has 1 heterocycles. The predicted molar refractivity (Wildman–Crippen MR) is 112 cm³/mol. The lowest BCUT2D eigenvalue weighted by Gasteiger charge is -2.29. The van der Waals surface area contributed by atoms with Crippen LogP contribution in [-0.2, 0) is 0 Å². The highest BCUT2D eigenvalue weighted by atomic mass is 32.2. The van der Waals surface area contributed by atoms with Gasteiger partial charge in [0, 0.05) is 15.5 Å². The molecule has 0 amide bonds. The molecule has 1 aliphatic rings. The first kappa shape index (κ1) is 21.1. The number of nitrogens with zero attached hydrogens (tertiary/aromatic N) is 2. The standard InChI is InChI=1S/C20H18N2O3S3/c21-9-12-1-5-14(6-2-12)27-19-18(25)17(24)16(23)11-26-20(19)28-15-7-3-13(10-22)4-8-15/h1-8,16-20,23-25H,11H2/t16-,17-,18+,19-,20-/m1/s1. The van der Waals surface area contributed by atoms with Crippen LogP contribution in [0.25, 0.3) is 0 Å². The zero-order valence-electron chi connectivity index (χ0n) is 14.7. The number of nitriles is 2. The average Bonchev–Trinajstić information content (AvgIpc) is 2.83. The second kappa shape index (κ2) is 9.71. The van der Waals surface area contributed by atoms with Crippen molar-refractivity contribution < 1.29 is 15.3 Å². The van der Waals surface area contributed by atoms with Crippen molar-refractivity contribution in [1.82, 2.24) is 0 Å². The molecule has 3 N–H and O–H groups in total. The van der Waals surface area contributed by atoms with Crippen LogP contribution in [0.3, 0.4) is 0 Å². The molecule has 0 spiro atoms. The molecule has 2 aromatic rings. The third-order valence-electron chi connectivity index (χ3n) is 4.27. The molecule has 1 fully saturated rings. The third-order valence-corrected chi connectivity index (χ3v) is 8.91. The summed E-state index contributed by atoms with van der Waals surface area (Å²) in [5.41, 5.74) is 1.13. The number of aliphatic hydroxyl groups is 3. The maximum absolute atomic E-state index is 10.7. The maximum atomic E-state index is 10.7. The van der Waals surface area contributed by atoms with E-state index in [-0.39, 0.29) is 9.83 Å². The van der Waals surface area contributed by atoms with Gasteiger partial charge in [0.2, 0.25) is 0 Å². The first-order valence-electron chi connectivity index (χ1n) is 8.51. The highest BCUT2D eigenvalue weighted by molar-refractivity contribution is 8.18. The van der Waals surface area contributed by atoms with E-state index in [1.807, 2.05) is 24.3 Å². The fraction of sp³-hybridized carbons (Fsp3) is 0.300. The summed E-state index contributed by atoms with van der Waals surface area (Å²) in [7, 11) is 0. The molecule has 0 bridgehead atoms. The van der Waals surface area contributed by atoms with Crippen LogP contribution in [-0.4, -0.2) is 49.2 Å². The van der Waals surface area contributed by atoms with Gasteiger partial charge in [-0.1, -0.05) is 0 Å². The van der Waals surface area contributed by atoms with Crippen LogP contribution >= 0.6 is 35.3 Å². The SMILES string of the molecule is N#Cc1ccc(S[C@H]2SC[C@@H](O)[C@@H](O)[C@H](O)[C@H]2Sc2ccc(C#N)cc2)cc1. The fourth-order valence-electron chi connectivity index (χ4n) is 2.70. The number of hydrogen-bond donors (Lipinski definition) is 3. The van der Waals surface area contributed by atoms with Gasteiger partial charge in [-0.15, -0.1) is 35.3 Å². The van der Waals surface area contributed by atoms with Gasteiger partial charge < -0.3 is 15.3 Å². The normalized spacial score (nSPS) is 27.4. The van der Waals surface area contributed by atoms with E-state index in [9.17, 15) is 15.3 Å². The Morgan fingerprint density at radius 2 is 1.29 bits per heavy atom. The molecule has 0 unspecified atom stereocenters. The van der Waals surface area contributed by atoms with E-state index in [2.05, 4.69) is 12.1 Å². The predicted octanol–water partition coefficient (Wildman–Crippen LogP) is 2.84. The molecule has 8 heteroatoms. The van der Waals surface area contributed by atoms with Crippen LogP contribution < -0.4 is 0 Å². The third kappa shape index (κ3) is 5.03. The molecule has 1 saturated heterocycles. The second-order valence-corrected chi connectivity index (χ2v) is 10.2. The quantitative estimate of drug-likeness (QED) is 0.680. The Hall–Kier alpha value is -1.65. The van der Waals surface area contributed by atoms with Crippen LogP contribution in [0.15, 0.2) is 58.3 Å². The van der Waals surface area contributed by atoms with E-state index in [0.717, 1.165) is 9.79 Å². The van der Waals surface area contributed by atoms with Gasteiger partial charge in [0.15, 0.2) is 0 Å². The lowest BCUT2D eigenvalue weighted by atomic mass is 10.1. The topological polar surface area (TPSA) is 108 Å². The van der Waals surface area contributed by atoms with Gasteiger partial charge in [-0.25, -0.2) is 0 Å². The van der Waals surface area contributed by atoms with Gasteiger partial charge in [0.25, 0.3) is 0 Å². The van der Waals surface area contributed by atoms with E-state index in [1.54, 1.807) is 24.3 Å². The Morgan fingerprint density at radius 1 is 0.786 bits per heavy atom. The van der Waals surface area contributed by atoms with Crippen molar-refractivity contribution in [3.05, 3.63) is 59.7 Å². The first-order chi connectivity index (χ1) is 13.5. The molecule has 28 heavy (non-hydrogen) atoms. The molecule has 144 valence electrons. The van der Waals surface area contributed by atoms with Crippen molar-refractivity contribution in [3.8, 4) is 12.1 Å². The Kier molecular flexibility index (Phi) is 7.30. The van der Waals surface area contributed by atoms with E-state index in [1.165, 1.54) is 35.3 Å². The van der Waals surface area contributed by atoms with Crippen LogP contribution in [0.5, 0.6) is 0 Å². The van der Waals surface area contributed by atoms with Crippen LogP contribution in [0, 0.1) is 22.7 Å². The Balaban J connectivity index is 1.84. The van der Waals surface area contributed by atoms with Gasteiger partial charge >= 0.3 is 0 Å². The van der Waals surface area contributed by atoms with Crippen molar-refractivity contribution in [1.29, 1.82) is 10.5 Å². The van der Waals surface area contributed by atoms with Crippen molar-refractivity contribution in [2.24, 2.45) is 0 Å². The lowest BCUT2D eigenvalue weighted by molar-refractivity contribution is -0.0465. The molecule has 0 aromatic heterocycles. The minimum absolute atomic E-state index is 0.129. The molecular formula is C20H18N2O3S3. The minimum Gasteiger partial charge on any atom is -0.389 e. The van der Waals surface area contributed by atoms with E-state index in [0.29, 0.717) is 16.9 Å². The number of hydrogen-bond acceptors (Lipinski definition) is 8. The highest BCUT2D eigenvalue weighted by Crippen LogP contribution is 2.44. The van der Waals surface area contributed by atoms with E-state index < -0.39 is 18.3 Å². The van der Waals surface area contributed by atoms with E-state index in [4.69, 9.17) is 10.5 Å². The zero-order chi connectivity index (χ0) is 20.1. The second-order valence-electron chi connectivity index (χ2n) is 6.22. The summed E-state index contributed by atoms with van der Waals surface area (Å²) in [6.45, 7) is 0. The summed E-state index contributed by atoms with van der Waals surface area (Å²) in [4.78, 5) is 1.82. The first-order valence-corrected chi connectivity index (χ1v) is 11.3.